The molecule has 34 heavy (non-hydrogen) atoms. The van der Waals surface area contributed by atoms with Gasteiger partial charge in [0.05, 0.1) is 6.26 Å². The van der Waals surface area contributed by atoms with Crippen LogP contribution in [-0.2, 0) is 4.79 Å². The molecular weight excluding hydrogens is 436 g/mol. The smallest absolute Gasteiger partial charge is 0.321 e. The topological polar surface area (TPSA) is 104 Å². The van der Waals surface area contributed by atoms with E-state index in [0.29, 0.717) is 37.6 Å². The number of hydrogen-bond donors (Lipinski definition) is 2. The first-order valence-electron chi connectivity index (χ1n) is 11.0. The lowest BCUT2D eigenvalue weighted by molar-refractivity contribution is -0.134. The van der Waals surface area contributed by atoms with Crippen molar-refractivity contribution in [2.45, 2.75) is 6.92 Å². The van der Waals surface area contributed by atoms with Crippen molar-refractivity contribution in [3.05, 3.63) is 78.3 Å². The summed E-state index contributed by atoms with van der Waals surface area (Å²) in [6.45, 7) is 3.58. The fourth-order valence-corrected chi connectivity index (χ4v) is 3.58. The Kier molecular flexibility index (Phi) is 7.12. The molecule has 1 aromatic heterocycles. The first-order chi connectivity index (χ1) is 16.5. The normalized spacial score (nSPS) is 13.3. The summed E-state index contributed by atoms with van der Waals surface area (Å²) in [5.74, 6) is 0.126. The van der Waals surface area contributed by atoms with Gasteiger partial charge in [0.15, 0.2) is 12.4 Å². The number of hydrogen-bond acceptors (Lipinski definition) is 5. The Morgan fingerprint density at radius 3 is 2.29 bits per heavy atom. The molecule has 0 saturated carbocycles. The van der Waals surface area contributed by atoms with Crippen LogP contribution in [0.25, 0.3) is 0 Å². The van der Waals surface area contributed by atoms with Gasteiger partial charge in [0, 0.05) is 43.6 Å². The molecule has 1 aliphatic heterocycles. The number of nitrogens with zero attached hydrogens (tertiary/aromatic N) is 2. The maximum atomic E-state index is 12.6. The Bertz CT molecular complexity index is 1150. The fraction of sp³-hybridized carbons (Fsp3) is 0.240. The van der Waals surface area contributed by atoms with Crippen LogP contribution >= 0.6 is 0 Å². The highest BCUT2D eigenvalue weighted by atomic mass is 16.5. The SMILES string of the molecule is Cc1cccc(NC(=O)N2CCN(C(=O)COc3cccc(NC(=O)c4ccco4)c3)CC2)c1. The van der Waals surface area contributed by atoms with Crippen LogP contribution in [0.3, 0.4) is 0 Å². The van der Waals surface area contributed by atoms with Crippen molar-refractivity contribution in [2.24, 2.45) is 0 Å². The number of furan rings is 1. The quantitative estimate of drug-likeness (QED) is 0.583. The van der Waals surface area contributed by atoms with Gasteiger partial charge >= 0.3 is 6.03 Å². The third-order valence-corrected chi connectivity index (χ3v) is 5.39. The summed E-state index contributed by atoms with van der Waals surface area (Å²) in [5, 5.41) is 5.61. The van der Waals surface area contributed by atoms with Gasteiger partial charge in [-0.15, -0.1) is 0 Å². The van der Waals surface area contributed by atoms with Gasteiger partial charge in [-0.3, -0.25) is 9.59 Å². The molecule has 0 radical (unpaired) electrons. The van der Waals surface area contributed by atoms with Crippen LogP contribution < -0.4 is 15.4 Å². The van der Waals surface area contributed by atoms with E-state index in [1.807, 2.05) is 31.2 Å². The Morgan fingerprint density at radius 2 is 1.59 bits per heavy atom. The Labute approximate surface area is 197 Å². The lowest BCUT2D eigenvalue weighted by Crippen LogP contribution is -2.52. The summed E-state index contributed by atoms with van der Waals surface area (Å²) in [4.78, 5) is 40.6. The number of anilines is 2. The monoisotopic (exact) mass is 462 g/mol. The van der Waals surface area contributed by atoms with Crippen LogP contribution in [0.2, 0.25) is 0 Å². The first-order valence-corrected chi connectivity index (χ1v) is 11.0. The molecule has 1 fully saturated rings. The van der Waals surface area contributed by atoms with Crippen molar-refractivity contribution in [3.8, 4) is 5.75 Å². The number of amides is 4. The molecule has 9 heteroatoms. The van der Waals surface area contributed by atoms with Crippen LogP contribution in [-0.4, -0.2) is 60.4 Å². The summed E-state index contributed by atoms with van der Waals surface area (Å²) < 4.78 is 10.7. The van der Waals surface area contributed by atoms with Gasteiger partial charge in [-0.2, -0.15) is 0 Å². The van der Waals surface area contributed by atoms with Crippen LogP contribution in [0, 0.1) is 6.92 Å². The average Bonchev–Trinajstić information content (AvgIpc) is 3.38. The van der Waals surface area contributed by atoms with Crippen molar-refractivity contribution >= 4 is 29.2 Å². The Morgan fingerprint density at radius 1 is 0.882 bits per heavy atom. The number of aryl methyl sites for hydroxylation is 1. The molecule has 0 aliphatic carbocycles. The summed E-state index contributed by atoms with van der Waals surface area (Å²) in [6, 6.07) is 17.4. The number of carbonyl (C=O) groups excluding carboxylic acids is 3. The highest BCUT2D eigenvalue weighted by Gasteiger charge is 2.24. The summed E-state index contributed by atoms with van der Waals surface area (Å²) in [6.07, 6.45) is 1.43. The van der Waals surface area contributed by atoms with E-state index >= 15 is 0 Å². The number of benzene rings is 2. The van der Waals surface area contributed by atoms with Crippen molar-refractivity contribution in [2.75, 3.05) is 43.4 Å². The standard InChI is InChI=1S/C25H26N4O5/c1-18-5-2-6-19(15-18)27-25(32)29-12-10-28(11-13-29)23(30)17-34-21-8-3-7-20(16-21)26-24(31)22-9-4-14-33-22/h2-9,14-16H,10-13,17H2,1H3,(H,26,31)(H,27,32). The molecule has 2 heterocycles. The molecule has 0 bridgehead atoms. The molecule has 1 saturated heterocycles. The van der Waals surface area contributed by atoms with Crippen LogP contribution in [0.15, 0.2) is 71.3 Å². The zero-order valence-electron chi connectivity index (χ0n) is 18.8. The number of piperazine rings is 1. The molecule has 0 unspecified atom stereocenters. The molecule has 2 N–H and O–H groups in total. The third-order valence-electron chi connectivity index (χ3n) is 5.39. The zero-order valence-corrected chi connectivity index (χ0v) is 18.8. The van der Waals surface area contributed by atoms with Crippen LogP contribution in [0.5, 0.6) is 5.75 Å². The number of ether oxygens (including phenoxy) is 1. The predicted octanol–water partition coefficient (Wildman–Crippen LogP) is 3.60. The van der Waals surface area contributed by atoms with Gasteiger partial charge in [0.25, 0.3) is 11.8 Å². The second-order valence-corrected chi connectivity index (χ2v) is 7.92. The molecule has 2 aromatic carbocycles. The van der Waals surface area contributed by atoms with Gasteiger partial charge in [0.1, 0.15) is 5.75 Å². The van der Waals surface area contributed by atoms with E-state index in [9.17, 15) is 14.4 Å². The van der Waals surface area contributed by atoms with E-state index in [1.165, 1.54) is 6.26 Å². The molecule has 0 spiro atoms. The van der Waals surface area contributed by atoms with Crippen molar-refractivity contribution < 1.29 is 23.5 Å². The largest absolute Gasteiger partial charge is 0.484 e. The van der Waals surface area contributed by atoms with Gasteiger partial charge in [-0.05, 0) is 48.9 Å². The first kappa shape index (κ1) is 22.9. The van der Waals surface area contributed by atoms with E-state index in [2.05, 4.69) is 10.6 Å². The van der Waals surface area contributed by atoms with E-state index in [-0.39, 0.29) is 30.2 Å². The zero-order chi connectivity index (χ0) is 23.9. The highest BCUT2D eigenvalue weighted by Crippen LogP contribution is 2.19. The number of carbonyl (C=O) groups is 3. The molecule has 4 rings (SSSR count). The minimum Gasteiger partial charge on any atom is -0.484 e. The predicted molar refractivity (Wildman–Crippen MR) is 127 cm³/mol. The van der Waals surface area contributed by atoms with Crippen molar-refractivity contribution in [3.63, 3.8) is 0 Å². The molecule has 0 atom stereocenters. The Balaban J connectivity index is 1.23. The summed E-state index contributed by atoms with van der Waals surface area (Å²) in [5.41, 5.74) is 2.35. The van der Waals surface area contributed by atoms with E-state index in [4.69, 9.17) is 9.15 Å². The Hall–Kier alpha value is -4.27. The highest BCUT2D eigenvalue weighted by molar-refractivity contribution is 6.02. The summed E-state index contributed by atoms with van der Waals surface area (Å²) >= 11 is 0. The fourth-order valence-electron chi connectivity index (χ4n) is 3.58. The number of rotatable bonds is 6. The molecule has 1 aliphatic rings. The molecule has 176 valence electrons. The number of urea groups is 1. The van der Waals surface area contributed by atoms with Gasteiger partial charge < -0.3 is 29.6 Å². The number of nitrogens with one attached hydrogen (secondary N) is 2. The van der Waals surface area contributed by atoms with E-state index in [1.54, 1.807) is 46.2 Å². The third kappa shape index (κ3) is 5.94. The summed E-state index contributed by atoms with van der Waals surface area (Å²) in [7, 11) is 0. The minimum absolute atomic E-state index is 0.134. The van der Waals surface area contributed by atoms with Gasteiger partial charge in [-0.25, -0.2) is 4.79 Å². The minimum atomic E-state index is -0.373. The maximum Gasteiger partial charge on any atom is 0.321 e. The molecule has 9 nitrogen and oxygen atoms in total. The second kappa shape index (κ2) is 10.6. The van der Waals surface area contributed by atoms with Crippen molar-refractivity contribution in [1.82, 2.24) is 9.80 Å². The average molecular weight is 463 g/mol. The lowest BCUT2D eigenvalue weighted by atomic mass is 10.2. The van der Waals surface area contributed by atoms with Gasteiger partial charge in [0.2, 0.25) is 0 Å². The van der Waals surface area contributed by atoms with Crippen molar-refractivity contribution in [1.29, 1.82) is 0 Å². The maximum absolute atomic E-state index is 12.6. The van der Waals surface area contributed by atoms with Crippen LogP contribution in [0.1, 0.15) is 16.1 Å². The second-order valence-electron chi connectivity index (χ2n) is 7.92. The van der Waals surface area contributed by atoms with E-state index in [0.717, 1.165) is 11.3 Å². The molecular formula is C25H26N4O5. The lowest BCUT2D eigenvalue weighted by Gasteiger charge is -2.34. The molecule has 3 aromatic rings. The van der Waals surface area contributed by atoms with Gasteiger partial charge in [-0.1, -0.05) is 18.2 Å². The van der Waals surface area contributed by atoms with Crippen LogP contribution in [0.4, 0.5) is 16.2 Å². The molecule has 4 amide bonds. The van der Waals surface area contributed by atoms with E-state index < -0.39 is 0 Å².